The van der Waals surface area contributed by atoms with Crippen molar-refractivity contribution in [3.05, 3.63) is 35.5 Å². The minimum Gasteiger partial charge on any atom is -0.364 e. The zero-order valence-corrected chi connectivity index (χ0v) is 15.8. The second-order valence-electron chi connectivity index (χ2n) is 7.72. The van der Waals surface area contributed by atoms with Crippen LogP contribution in [-0.4, -0.2) is 48.8 Å². The molecule has 0 radical (unpaired) electrons. The Bertz CT molecular complexity index is 785. The van der Waals surface area contributed by atoms with E-state index in [1.807, 2.05) is 0 Å². The van der Waals surface area contributed by atoms with E-state index >= 15 is 0 Å². The first-order valence-corrected chi connectivity index (χ1v) is 9.82. The van der Waals surface area contributed by atoms with Gasteiger partial charge in [0.1, 0.15) is 6.73 Å². The molecule has 1 aliphatic carbocycles. The van der Waals surface area contributed by atoms with Gasteiger partial charge in [-0.05, 0) is 43.0 Å². The van der Waals surface area contributed by atoms with E-state index in [9.17, 15) is 4.79 Å². The molecule has 1 saturated heterocycles. The van der Waals surface area contributed by atoms with Crippen LogP contribution in [0.25, 0.3) is 10.9 Å². The lowest BCUT2D eigenvalue weighted by Gasteiger charge is -2.46. The maximum Gasteiger partial charge on any atom is 0.226 e. The van der Waals surface area contributed by atoms with Crippen LogP contribution in [0.15, 0.2) is 24.4 Å². The molecule has 0 saturated carbocycles. The van der Waals surface area contributed by atoms with Gasteiger partial charge < -0.3 is 15.0 Å². The van der Waals surface area contributed by atoms with Crippen molar-refractivity contribution in [1.29, 1.82) is 0 Å². The number of rotatable bonds is 6. The summed E-state index contributed by atoms with van der Waals surface area (Å²) in [6, 6.07) is 7.07. The highest BCUT2D eigenvalue weighted by atomic mass is 16.5. The van der Waals surface area contributed by atoms with E-state index in [2.05, 4.69) is 46.5 Å². The zero-order chi connectivity index (χ0) is 18.1. The highest BCUT2D eigenvalue weighted by Gasteiger charge is 2.42. The van der Waals surface area contributed by atoms with Gasteiger partial charge in [0.25, 0.3) is 0 Å². The number of carbonyl (C=O) groups excluding carboxylic acids is 1. The van der Waals surface area contributed by atoms with Gasteiger partial charge in [0, 0.05) is 42.7 Å². The average Bonchev–Trinajstić information content (AvgIpc) is 3.08. The van der Waals surface area contributed by atoms with Crippen molar-refractivity contribution >= 4 is 16.8 Å². The van der Waals surface area contributed by atoms with Gasteiger partial charge in [0.15, 0.2) is 0 Å². The van der Waals surface area contributed by atoms with Gasteiger partial charge in [0.05, 0.1) is 5.92 Å². The minimum absolute atomic E-state index is 0.0269. The monoisotopic (exact) mass is 355 g/mol. The van der Waals surface area contributed by atoms with Crippen molar-refractivity contribution < 1.29 is 9.53 Å². The Kier molecular flexibility index (Phi) is 5.00. The number of nitrogens with zero attached hydrogens (tertiary/aromatic N) is 1. The number of fused-ring (bicyclic) bond motifs is 2. The molecule has 3 atom stereocenters. The lowest BCUT2D eigenvalue weighted by molar-refractivity contribution is -0.129. The van der Waals surface area contributed by atoms with Crippen LogP contribution in [0.5, 0.6) is 0 Å². The van der Waals surface area contributed by atoms with Crippen molar-refractivity contribution in [2.24, 2.45) is 5.92 Å². The Hall–Kier alpha value is -1.85. The number of piperidine rings is 1. The van der Waals surface area contributed by atoms with Gasteiger partial charge in [-0.1, -0.05) is 25.5 Å². The smallest absolute Gasteiger partial charge is 0.226 e. The molecule has 140 valence electrons. The number of H-pyrrole nitrogens is 1. The third-order valence-electron chi connectivity index (χ3n) is 6.14. The number of hydrogen-bond acceptors (Lipinski definition) is 3. The molecule has 4 rings (SSSR count). The summed E-state index contributed by atoms with van der Waals surface area (Å²) in [6.45, 7) is 4.44. The Morgan fingerprint density at radius 2 is 2.31 bits per heavy atom. The van der Waals surface area contributed by atoms with E-state index in [1.165, 1.54) is 34.9 Å². The molecule has 1 fully saturated rings. The maximum absolute atomic E-state index is 12.7. The number of benzene rings is 1. The first-order chi connectivity index (χ1) is 12.7. The third-order valence-corrected chi connectivity index (χ3v) is 6.14. The van der Waals surface area contributed by atoms with Gasteiger partial charge in [-0.15, -0.1) is 0 Å². The fourth-order valence-corrected chi connectivity index (χ4v) is 4.89. The molecule has 5 heteroatoms. The highest BCUT2D eigenvalue weighted by Crippen LogP contribution is 2.44. The predicted octanol–water partition coefficient (Wildman–Crippen LogP) is 3.02. The fourth-order valence-electron chi connectivity index (χ4n) is 4.89. The molecule has 5 nitrogen and oxygen atoms in total. The van der Waals surface area contributed by atoms with E-state index in [4.69, 9.17) is 4.74 Å². The lowest BCUT2D eigenvalue weighted by Crippen LogP contribution is -2.53. The summed E-state index contributed by atoms with van der Waals surface area (Å²) in [4.78, 5) is 18.7. The predicted molar refractivity (Wildman–Crippen MR) is 103 cm³/mol. The van der Waals surface area contributed by atoms with Crippen LogP contribution in [-0.2, 0) is 16.0 Å². The molecule has 1 aromatic carbocycles. The second-order valence-corrected chi connectivity index (χ2v) is 7.72. The Morgan fingerprint density at radius 1 is 1.42 bits per heavy atom. The van der Waals surface area contributed by atoms with E-state index in [1.54, 1.807) is 7.11 Å². The van der Waals surface area contributed by atoms with Crippen molar-refractivity contribution in [2.45, 2.75) is 44.6 Å². The second kappa shape index (κ2) is 7.41. The van der Waals surface area contributed by atoms with Crippen LogP contribution in [0, 0.1) is 5.92 Å². The van der Waals surface area contributed by atoms with Crippen LogP contribution >= 0.6 is 0 Å². The van der Waals surface area contributed by atoms with E-state index in [0.717, 1.165) is 25.9 Å². The van der Waals surface area contributed by atoms with Crippen LogP contribution in [0.4, 0.5) is 0 Å². The molecule has 2 unspecified atom stereocenters. The number of unbranched alkanes of at least 4 members (excludes halogenated alkanes) is 1. The van der Waals surface area contributed by atoms with Crippen LogP contribution in [0.1, 0.15) is 43.2 Å². The van der Waals surface area contributed by atoms with E-state index in [0.29, 0.717) is 12.0 Å². The summed E-state index contributed by atoms with van der Waals surface area (Å²) < 4.78 is 5.03. The number of hydrogen-bond donors (Lipinski definition) is 2. The number of amides is 1. The van der Waals surface area contributed by atoms with Gasteiger partial charge in [-0.2, -0.15) is 0 Å². The third kappa shape index (κ3) is 3.03. The molecule has 1 aromatic heterocycles. The molecule has 2 N–H and O–H groups in total. The molecule has 0 spiro atoms. The van der Waals surface area contributed by atoms with E-state index < -0.39 is 0 Å². The number of likely N-dealkylation sites (tertiary alicyclic amines) is 1. The number of nitrogens with one attached hydrogen (secondary N) is 2. The van der Waals surface area contributed by atoms with Crippen LogP contribution in [0.2, 0.25) is 0 Å². The Balaban J connectivity index is 1.66. The average molecular weight is 355 g/mol. The van der Waals surface area contributed by atoms with Crippen molar-refractivity contribution in [1.82, 2.24) is 15.2 Å². The number of aromatic nitrogens is 1. The van der Waals surface area contributed by atoms with Crippen LogP contribution < -0.4 is 5.32 Å². The Morgan fingerprint density at radius 3 is 3.12 bits per heavy atom. The quantitative estimate of drug-likeness (QED) is 0.783. The van der Waals surface area contributed by atoms with Crippen molar-refractivity contribution in [2.75, 3.05) is 26.9 Å². The number of carbonyl (C=O) groups is 1. The van der Waals surface area contributed by atoms with Gasteiger partial charge in [0.2, 0.25) is 5.91 Å². The molecule has 26 heavy (non-hydrogen) atoms. The van der Waals surface area contributed by atoms with Crippen molar-refractivity contribution in [3.8, 4) is 0 Å². The standard InChI is InChI=1S/C21H29N3O2/c1-3-4-8-24-12-15(21(25)23-13-26-2)9-17-16-6-5-7-18-20(16)14(11-22-18)10-19(17)24/h5-7,11,15,17,19,22H,3-4,8-10,12-13H2,1-2H3,(H,23,25)/t15?,17?,19-/m1/s1. The summed E-state index contributed by atoms with van der Waals surface area (Å²) >= 11 is 0. The minimum atomic E-state index is 0.0269. The normalized spacial score (nSPS) is 25.2. The van der Waals surface area contributed by atoms with Crippen molar-refractivity contribution in [3.63, 3.8) is 0 Å². The maximum atomic E-state index is 12.7. The lowest BCUT2D eigenvalue weighted by atomic mass is 9.72. The first-order valence-electron chi connectivity index (χ1n) is 9.82. The summed E-state index contributed by atoms with van der Waals surface area (Å²) in [7, 11) is 1.61. The SMILES string of the molecule is CCCCN1CC(C(=O)NCOC)CC2c3cccc4[nH]cc(c34)C[C@H]21. The molecule has 2 aliphatic rings. The number of ether oxygens (including phenoxy) is 1. The first kappa shape index (κ1) is 17.6. The largest absolute Gasteiger partial charge is 0.364 e. The molecule has 1 aliphatic heterocycles. The van der Waals surface area contributed by atoms with Gasteiger partial charge >= 0.3 is 0 Å². The van der Waals surface area contributed by atoms with Gasteiger partial charge in [-0.25, -0.2) is 0 Å². The number of methoxy groups -OCH3 is 1. The highest BCUT2D eigenvalue weighted by molar-refractivity contribution is 5.88. The molecular weight excluding hydrogens is 326 g/mol. The summed E-state index contributed by atoms with van der Waals surface area (Å²) in [6.07, 6.45) is 6.55. The molecular formula is C21H29N3O2. The van der Waals surface area contributed by atoms with Crippen LogP contribution in [0.3, 0.4) is 0 Å². The Labute approximate surface area is 155 Å². The van der Waals surface area contributed by atoms with Gasteiger partial charge in [-0.3, -0.25) is 9.69 Å². The molecule has 2 heterocycles. The molecule has 2 aromatic rings. The fraction of sp³-hybridized carbons (Fsp3) is 0.571. The molecule has 0 bridgehead atoms. The molecule has 1 amide bonds. The van der Waals surface area contributed by atoms with E-state index in [-0.39, 0.29) is 18.6 Å². The number of aromatic amines is 1. The summed E-state index contributed by atoms with van der Waals surface area (Å²) in [5.41, 5.74) is 4.07. The summed E-state index contributed by atoms with van der Waals surface area (Å²) in [5, 5.41) is 4.31. The summed E-state index contributed by atoms with van der Waals surface area (Å²) in [5.74, 6) is 0.573. The topological polar surface area (TPSA) is 57.4 Å². The zero-order valence-electron chi connectivity index (χ0n) is 15.8.